The Morgan fingerprint density at radius 2 is 1.88 bits per heavy atom. The molecule has 128 valence electrons. The third-order valence-electron chi connectivity index (χ3n) is 4.81. The van der Waals surface area contributed by atoms with Crippen molar-refractivity contribution in [1.29, 1.82) is 0 Å². The Hall–Kier alpha value is -2.82. The van der Waals surface area contributed by atoms with Crippen LogP contribution in [0.4, 0.5) is 0 Å². The van der Waals surface area contributed by atoms with E-state index < -0.39 is 0 Å². The SMILES string of the molecule is O=C(c1ccc(Cn2cccc2)cc1)N1CCC[C@H](n2cccn2)C1. The lowest BCUT2D eigenvalue weighted by Crippen LogP contribution is -2.40. The third-order valence-corrected chi connectivity index (χ3v) is 4.81. The number of amides is 1. The van der Waals surface area contributed by atoms with Crippen LogP contribution in [0, 0.1) is 0 Å². The van der Waals surface area contributed by atoms with Crippen molar-refractivity contribution in [3.63, 3.8) is 0 Å². The van der Waals surface area contributed by atoms with E-state index in [1.165, 1.54) is 5.56 Å². The Morgan fingerprint density at radius 3 is 2.60 bits per heavy atom. The molecule has 25 heavy (non-hydrogen) atoms. The molecule has 1 fully saturated rings. The number of aromatic nitrogens is 3. The molecule has 1 aliphatic heterocycles. The van der Waals surface area contributed by atoms with Gasteiger partial charge in [0.15, 0.2) is 0 Å². The van der Waals surface area contributed by atoms with Crippen molar-refractivity contribution in [3.8, 4) is 0 Å². The molecule has 1 amide bonds. The van der Waals surface area contributed by atoms with Crippen molar-refractivity contribution >= 4 is 5.91 Å². The largest absolute Gasteiger partial charge is 0.350 e. The van der Waals surface area contributed by atoms with Gasteiger partial charge in [0.05, 0.1) is 6.04 Å². The van der Waals surface area contributed by atoms with E-state index in [1.807, 2.05) is 70.6 Å². The predicted octanol–water partition coefficient (Wildman–Crippen LogP) is 3.21. The summed E-state index contributed by atoms with van der Waals surface area (Å²) in [5.41, 5.74) is 1.96. The van der Waals surface area contributed by atoms with E-state index in [2.05, 4.69) is 9.67 Å². The summed E-state index contributed by atoms with van der Waals surface area (Å²) in [5, 5.41) is 4.33. The summed E-state index contributed by atoms with van der Waals surface area (Å²) in [5.74, 6) is 0.115. The zero-order chi connectivity index (χ0) is 17.1. The fraction of sp³-hybridized carbons (Fsp3) is 0.300. The second-order valence-electron chi connectivity index (χ2n) is 6.59. The van der Waals surface area contributed by atoms with Crippen LogP contribution in [-0.2, 0) is 6.54 Å². The van der Waals surface area contributed by atoms with Crippen LogP contribution < -0.4 is 0 Å². The minimum Gasteiger partial charge on any atom is -0.350 e. The Kier molecular flexibility index (Phi) is 4.37. The normalized spacial score (nSPS) is 17.6. The van der Waals surface area contributed by atoms with Gasteiger partial charge in [0, 0.05) is 50.0 Å². The standard InChI is InChI=1S/C20H22N4O/c25-20(23-13-3-5-19(16-23)24-14-4-10-21-24)18-8-6-17(7-9-18)15-22-11-1-2-12-22/h1-2,4,6-12,14,19H,3,5,13,15-16H2/t19-/m0/s1. The van der Waals surface area contributed by atoms with Crippen LogP contribution in [-0.4, -0.2) is 38.2 Å². The van der Waals surface area contributed by atoms with Crippen molar-refractivity contribution in [2.45, 2.75) is 25.4 Å². The maximum atomic E-state index is 12.8. The highest BCUT2D eigenvalue weighted by molar-refractivity contribution is 5.94. The number of piperidine rings is 1. The van der Waals surface area contributed by atoms with E-state index in [1.54, 1.807) is 6.20 Å². The van der Waals surface area contributed by atoms with Gasteiger partial charge >= 0.3 is 0 Å². The Morgan fingerprint density at radius 1 is 1.08 bits per heavy atom. The molecular weight excluding hydrogens is 312 g/mol. The first-order valence-corrected chi connectivity index (χ1v) is 8.78. The molecule has 0 spiro atoms. The lowest BCUT2D eigenvalue weighted by molar-refractivity contribution is 0.0673. The number of hydrogen-bond donors (Lipinski definition) is 0. The van der Waals surface area contributed by atoms with Crippen molar-refractivity contribution in [1.82, 2.24) is 19.2 Å². The maximum absolute atomic E-state index is 12.8. The number of hydrogen-bond acceptors (Lipinski definition) is 2. The number of nitrogens with zero attached hydrogens (tertiary/aromatic N) is 4. The summed E-state index contributed by atoms with van der Waals surface area (Å²) in [6.45, 7) is 2.37. The van der Waals surface area contributed by atoms with Crippen LogP contribution in [0.25, 0.3) is 0 Å². The molecule has 3 heterocycles. The van der Waals surface area contributed by atoms with Crippen molar-refractivity contribution < 1.29 is 4.79 Å². The van der Waals surface area contributed by atoms with Gasteiger partial charge in [-0.25, -0.2) is 0 Å². The smallest absolute Gasteiger partial charge is 0.253 e. The Balaban J connectivity index is 1.43. The second kappa shape index (κ2) is 6.97. The summed E-state index contributed by atoms with van der Waals surface area (Å²) in [6, 6.07) is 14.2. The average Bonchev–Trinajstić information content (AvgIpc) is 3.36. The topological polar surface area (TPSA) is 43.1 Å². The highest BCUT2D eigenvalue weighted by Gasteiger charge is 2.25. The number of carbonyl (C=O) groups excluding carboxylic acids is 1. The van der Waals surface area contributed by atoms with Gasteiger partial charge < -0.3 is 9.47 Å². The summed E-state index contributed by atoms with van der Waals surface area (Å²) in [4.78, 5) is 14.8. The van der Waals surface area contributed by atoms with E-state index >= 15 is 0 Å². The van der Waals surface area contributed by atoms with Gasteiger partial charge in [-0.05, 0) is 48.7 Å². The molecule has 2 aromatic heterocycles. The fourth-order valence-corrected chi connectivity index (χ4v) is 3.47. The van der Waals surface area contributed by atoms with Gasteiger partial charge in [-0.2, -0.15) is 5.10 Å². The third kappa shape index (κ3) is 3.50. The van der Waals surface area contributed by atoms with E-state index in [-0.39, 0.29) is 11.9 Å². The quantitative estimate of drug-likeness (QED) is 0.735. The van der Waals surface area contributed by atoms with Crippen LogP contribution in [0.15, 0.2) is 67.3 Å². The summed E-state index contributed by atoms with van der Waals surface area (Å²) >= 11 is 0. The van der Waals surface area contributed by atoms with Crippen molar-refractivity contribution in [2.24, 2.45) is 0 Å². The van der Waals surface area contributed by atoms with Crippen LogP contribution in [0.3, 0.4) is 0 Å². The van der Waals surface area contributed by atoms with Crippen LogP contribution in [0.1, 0.15) is 34.8 Å². The van der Waals surface area contributed by atoms with Gasteiger partial charge in [0.2, 0.25) is 0 Å². The molecule has 0 saturated carbocycles. The maximum Gasteiger partial charge on any atom is 0.253 e. The Bertz CT molecular complexity index is 806. The van der Waals surface area contributed by atoms with Crippen LogP contribution in [0.5, 0.6) is 0 Å². The predicted molar refractivity (Wildman–Crippen MR) is 96.4 cm³/mol. The average molecular weight is 334 g/mol. The molecule has 5 nitrogen and oxygen atoms in total. The van der Waals surface area contributed by atoms with Gasteiger partial charge in [-0.3, -0.25) is 9.48 Å². The van der Waals surface area contributed by atoms with Crippen LogP contribution in [0.2, 0.25) is 0 Å². The monoisotopic (exact) mass is 334 g/mol. The van der Waals surface area contributed by atoms with Gasteiger partial charge in [-0.15, -0.1) is 0 Å². The molecule has 3 aromatic rings. The number of rotatable bonds is 4. The van der Waals surface area contributed by atoms with E-state index in [0.29, 0.717) is 0 Å². The molecule has 0 unspecified atom stereocenters. The summed E-state index contributed by atoms with van der Waals surface area (Å²) < 4.78 is 4.09. The lowest BCUT2D eigenvalue weighted by atomic mass is 10.0. The molecule has 1 atom stereocenters. The van der Waals surface area contributed by atoms with Crippen molar-refractivity contribution in [3.05, 3.63) is 78.4 Å². The van der Waals surface area contributed by atoms with Crippen LogP contribution >= 0.6 is 0 Å². The zero-order valence-electron chi connectivity index (χ0n) is 14.2. The minimum absolute atomic E-state index is 0.115. The number of benzene rings is 1. The lowest BCUT2D eigenvalue weighted by Gasteiger charge is -2.33. The molecular formula is C20H22N4O. The zero-order valence-corrected chi connectivity index (χ0v) is 14.2. The summed E-state index contributed by atoms with van der Waals surface area (Å²) in [7, 11) is 0. The molecule has 5 heteroatoms. The second-order valence-corrected chi connectivity index (χ2v) is 6.59. The first-order valence-electron chi connectivity index (χ1n) is 8.78. The van der Waals surface area contributed by atoms with E-state index in [9.17, 15) is 4.79 Å². The molecule has 1 aromatic carbocycles. The number of likely N-dealkylation sites (tertiary alicyclic amines) is 1. The first kappa shape index (κ1) is 15.7. The molecule has 4 rings (SSSR count). The highest BCUT2D eigenvalue weighted by Crippen LogP contribution is 2.22. The molecule has 0 radical (unpaired) electrons. The molecule has 1 saturated heterocycles. The van der Waals surface area contributed by atoms with Gasteiger partial charge in [-0.1, -0.05) is 12.1 Å². The molecule has 0 aliphatic carbocycles. The van der Waals surface area contributed by atoms with Gasteiger partial charge in [0.25, 0.3) is 5.91 Å². The summed E-state index contributed by atoms with van der Waals surface area (Å²) in [6.07, 6.45) is 9.95. The van der Waals surface area contributed by atoms with E-state index in [4.69, 9.17) is 0 Å². The fourth-order valence-electron chi connectivity index (χ4n) is 3.47. The van der Waals surface area contributed by atoms with Gasteiger partial charge in [0.1, 0.15) is 0 Å². The van der Waals surface area contributed by atoms with Crippen molar-refractivity contribution in [2.75, 3.05) is 13.1 Å². The first-order chi connectivity index (χ1) is 12.3. The van der Waals surface area contributed by atoms with E-state index in [0.717, 1.165) is 38.0 Å². The molecule has 0 N–H and O–H groups in total. The highest BCUT2D eigenvalue weighted by atomic mass is 16.2. The minimum atomic E-state index is 0.115. The molecule has 0 bridgehead atoms. The Labute approximate surface area is 147 Å². The number of carbonyl (C=O) groups is 1. The molecule has 1 aliphatic rings.